The van der Waals surface area contributed by atoms with E-state index >= 15 is 4.39 Å². The van der Waals surface area contributed by atoms with Crippen LogP contribution in [0.25, 0.3) is 33.1 Å². The summed E-state index contributed by atoms with van der Waals surface area (Å²) in [6.45, 7) is 6.54. The Morgan fingerprint density at radius 1 is 1.02 bits per heavy atom. The number of hydrogen-bond acceptors (Lipinski definition) is 8. The Bertz CT molecular complexity index is 1900. The van der Waals surface area contributed by atoms with Gasteiger partial charge in [0.15, 0.2) is 5.82 Å². The number of pyridine rings is 1. The standard InChI is InChI=1S/C35H40F2N8O2/c1-20-11-27-25(14-39-42-27)29-24(20)5-2-3-6-28(46)44-15-21-7-10-43(16-22(21)17-44)33-26-13-38-32(29)30(37)31(26)40-34(41-33)47-19-35-8-4-9-45(35)18-23(36)12-35/h11,13-14,21-23H,2-10,12,15-19H2,1H3,(H,39,42)/t21-,22?,23+,35-/m0/s1. The third-order valence-electron chi connectivity index (χ3n) is 11.7. The number of rotatable bonds is 3. The van der Waals surface area contributed by atoms with Gasteiger partial charge in [0.05, 0.1) is 22.6 Å². The van der Waals surface area contributed by atoms with Crippen molar-refractivity contribution in [1.29, 1.82) is 0 Å². The van der Waals surface area contributed by atoms with E-state index in [4.69, 9.17) is 19.7 Å². The van der Waals surface area contributed by atoms with E-state index in [0.29, 0.717) is 61.0 Å². The zero-order valence-electron chi connectivity index (χ0n) is 26.8. The molecule has 0 spiro atoms. The van der Waals surface area contributed by atoms with Gasteiger partial charge >= 0.3 is 6.01 Å². The van der Waals surface area contributed by atoms with E-state index in [1.165, 1.54) is 0 Å². The molecule has 0 radical (unpaired) electrons. The number of fused-ring (bicyclic) bond motifs is 7. The van der Waals surface area contributed by atoms with Gasteiger partial charge in [0.1, 0.15) is 29.8 Å². The van der Waals surface area contributed by atoms with Crippen LogP contribution in [0, 0.1) is 24.6 Å². The normalized spacial score (nSPS) is 27.8. The number of aromatic amines is 1. The molecule has 12 heteroatoms. The fourth-order valence-corrected chi connectivity index (χ4v) is 9.31. The van der Waals surface area contributed by atoms with Crippen LogP contribution in [0.15, 0.2) is 18.5 Å². The number of ether oxygens (including phenoxy) is 1. The molecule has 0 saturated carbocycles. The molecule has 4 aromatic rings. The number of aromatic nitrogens is 5. The lowest BCUT2D eigenvalue weighted by Crippen LogP contribution is -2.43. The van der Waals surface area contributed by atoms with Crippen molar-refractivity contribution in [2.24, 2.45) is 11.8 Å². The second kappa shape index (κ2) is 11.1. The molecule has 6 aliphatic rings. The van der Waals surface area contributed by atoms with Gasteiger partial charge in [0.2, 0.25) is 5.91 Å². The minimum Gasteiger partial charge on any atom is -0.461 e. The van der Waals surface area contributed by atoms with Crippen LogP contribution in [0.2, 0.25) is 0 Å². The first-order chi connectivity index (χ1) is 22.9. The average Bonchev–Trinajstić information content (AvgIpc) is 3.84. The number of carbonyl (C=O) groups is 1. The highest BCUT2D eigenvalue weighted by atomic mass is 19.1. The molecule has 0 aliphatic carbocycles. The second-order valence-corrected chi connectivity index (χ2v) is 14.5. The van der Waals surface area contributed by atoms with Crippen LogP contribution in [0.5, 0.6) is 6.01 Å². The lowest BCUT2D eigenvalue weighted by atomic mass is 9.88. The number of halogens is 2. The molecule has 4 atom stereocenters. The number of alkyl halides is 1. The number of hydrogen-bond donors (Lipinski definition) is 1. The zero-order valence-corrected chi connectivity index (χ0v) is 26.8. The average molecular weight is 643 g/mol. The molecule has 1 aromatic carbocycles. The predicted molar refractivity (Wildman–Crippen MR) is 174 cm³/mol. The molecule has 4 fully saturated rings. The number of nitrogens with one attached hydrogen (secondary N) is 1. The number of piperidine rings is 1. The molecule has 47 heavy (non-hydrogen) atoms. The Hall–Kier alpha value is -3.93. The fourth-order valence-electron chi connectivity index (χ4n) is 9.31. The van der Waals surface area contributed by atoms with E-state index in [0.717, 1.165) is 80.3 Å². The number of amides is 1. The fraction of sp³-hybridized carbons (Fsp3) is 0.571. The zero-order chi connectivity index (χ0) is 31.9. The van der Waals surface area contributed by atoms with Crippen molar-refractivity contribution in [2.75, 3.05) is 50.8 Å². The molecule has 246 valence electrons. The number of benzene rings is 1. The summed E-state index contributed by atoms with van der Waals surface area (Å²) in [6.07, 6.45) is 8.54. The van der Waals surface area contributed by atoms with Crippen LogP contribution >= 0.6 is 0 Å². The highest BCUT2D eigenvalue weighted by Gasteiger charge is 2.49. The Kier molecular flexibility index (Phi) is 6.88. The maximum Gasteiger partial charge on any atom is 0.319 e. The molecule has 6 aliphatic heterocycles. The maximum atomic E-state index is 17.1. The van der Waals surface area contributed by atoms with Gasteiger partial charge in [-0.1, -0.05) is 0 Å². The van der Waals surface area contributed by atoms with E-state index in [1.54, 1.807) is 12.4 Å². The van der Waals surface area contributed by atoms with Crippen LogP contribution in [-0.4, -0.2) is 98.4 Å². The molecule has 10 rings (SSSR count). The second-order valence-electron chi connectivity index (χ2n) is 14.5. The van der Waals surface area contributed by atoms with Crippen molar-refractivity contribution in [3.05, 3.63) is 35.4 Å². The molecule has 1 N–H and O–H groups in total. The largest absolute Gasteiger partial charge is 0.461 e. The molecule has 10 nitrogen and oxygen atoms in total. The summed E-state index contributed by atoms with van der Waals surface area (Å²) in [5.41, 5.74) is 3.54. The summed E-state index contributed by atoms with van der Waals surface area (Å²) < 4.78 is 38.0. The minimum atomic E-state index is -0.878. The number of anilines is 1. The molecular weight excluding hydrogens is 602 g/mol. The summed E-state index contributed by atoms with van der Waals surface area (Å²) in [5, 5.41) is 8.67. The van der Waals surface area contributed by atoms with Crippen molar-refractivity contribution in [3.63, 3.8) is 0 Å². The first-order valence-electron chi connectivity index (χ1n) is 17.2. The van der Waals surface area contributed by atoms with E-state index in [-0.39, 0.29) is 35.3 Å². The van der Waals surface area contributed by atoms with Crippen molar-refractivity contribution in [3.8, 4) is 17.3 Å². The summed E-state index contributed by atoms with van der Waals surface area (Å²) in [6, 6.07) is 2.15. The Morgan fingerprint density at radius 3 is 2.79 bits per heavy atom. The van der Waals surface area contributed by atoms with Gasteiger partial charge in [0, 0.05) is 62.7 Å². The Labute approximate surface area is 271 Å². The summed E-state index contributed by atoms with van der Waals surface area (Å²) >= 11 is 0. The third kappa shape index (κ3) is 4.76. The van der Waals surface area contributed by atoms with Crippen molar-refractivity contribution < 1.29 is 18.3 Å². The van der Waals surface area contributed by atoms with E-state index in [1.807, 2.05) is 13.0 Å². The van der Waals surface area contributed by atoms with Gasteiger partial charge in [-0.05, 0) is 81.0 Å². The summed E-state index contributed by atoms with van der Waals surface area (Å²) in [5.74, 6) is 1.05. The quantitative estimate of drug-likeness (QED) is 0.334. The molecule has 1 unspecified atom stereocenters. The molecule has 4 saturated heterocycles. The van der Waals surface area contributed by atoms with Gasteiger partial charge in [-0.25, -0.2) is 8.78 Å². The smallest absolute Gasteiger partial charge is 0.319 e. The van der Waals surface area contributed by atoms with Gasteiger partial charge in [0.25, 0.3) is 0 Å². The molecule has 7 bridgehead atoms. The van der Waals surface area contributed by atoms with Gasteiger partial charge in [-0.15, -0.1) is 0 Å². The lowest BCUT2D eigenvalue weighted by molar-refractivity contribution is -0.130. The monoisotopic (exact) mass is 642 g/mol. The van der Waals surface area contributed by atoms with E-state index < -0.39 is 12.0 Å². The number of H-pyrrole nitrogens is 1. The van der Waals surface area contributed by atoms with Gasteiger partial charge in [-0.3, -0.25) is 19.8 Å². The van der Waals surface area contributed by atoms with Crippen molar-refractivity contribution in [1.82, 2.24) is 34.9 Å². The van der Waals surface area contributed by atoms with Gasteiger partial charge in [-0.2, -0.15) is 15.1 Å². The topological polar surface area (TPSA) is 103 Å². The van der Waals surface area contributed by atoms with E-state index in [2.05, 4.69) is 24.9 Å². The lowest BCUT2D eigenvalue weighted by Gasteiger charge is -2.35. The van der Waals surface area contributed by atoms with Crippen molar-refractivity contribution in [2.45, 2.75) is 70.0 Å². The highest BCUT2D eigenvalue weighted by Crippen LogP contribution is 2.42. The number of nitrogens with zero attached hydrogens (tertiary/aromatic N) is 7. The van der Waals surface area contributed by atoms with Crippen LogP contribution in [0.3, 0.4) is 0 Å². The number of aryl methyl sites for hydroxylation is 1. The maximum absolute atomic E-state index is 17.1. The third-order valence-corrected chi connectivity index (χ3v) is 11.7. The SMILES string of the molecule is Cc1cc2[nH]ncc2c2c1CCCCC(=O)N1CC3CN(CC[C@H]3C1)c1nc(OC[C@@]34CCCN3C[C@H](F)C4)nc3c(F)c-2ncc13. The van der Waals surface area contributed by atoms with Crippen LogP contribution in [0.1, 0.15) is 56.1 Å². The number of carbonyl (C=O) groups excluding carboxylic acids is 1. The summed E-state index contributed by atoms with van der Waals surface area (Å²) in [4.78, 5) is 34.2. The first kappa shape index (κ1) is 29.2. The predicted octanol–water partition coefficient (Wildman–Crippen LogP) is 4.98. The highest BCUT2D eigenvalue weighted by molar-refractivity contribution is 5.99. The van der Waals surface area contributed by atoms with Crippen molar-refractivity contribution >= 4 is 33.5 Å². The molecule has 1 amide bonds. The summed E-state index contributed by atoms with van der Waals surface area (Å²) in [7, 11) is 0. The molecular formula is C35H40F2N8O2. The van der Waals surface area contributed by atoms with E-state index in [9.17, 15) is 9.18 Å². The Morgan fingerprint density at radius 2 is 1.87 bits per heavy atom. The molecule has 3 aromatic heterocycles. The van der Waals surface area contributed by atoms with Crippen LogP contribution in [0.4, 0.5) is 14.6 Å². The van der Waals surface area contributed by atoms with Crippen LogP contribution in [-0.2, 0) is 11.2 Å². The van der Waals surface area contributed by atoms with Crippen LogP contribution < -0.4 is 9.64 Å². The van der Waals surface area contributed by atoms with Gasteiger partial charge < -0.3 is 14.5 Å². The first-order valence-corrected chi connectivity index (χ1v) is 17.2. The minimum absolute atomic E-state index is 0.105. The molecule has 9 heterocycles. The Balaban J connectivity index is 1.20.